The van der Waals surface area contributed by atoms with Gasteiger partial charge in [-0.2, -0.15) is 0 Å². The molecule has 0 radical (unpaired) electrons. The summed E-state index contributed by atoms with van der Waals surface area (Å²) < 4.78 is 5.29. The van der Waals surface area contributed by atoms with Gasteiger partial charge in [0.2, 0.25) is 0 Å². The molecular weight excluding hydrogens is 152 g/mol. The molecule has 0 aromatic carbocycles. The SMILES string of the molecule is C=C1C(=O)OC2C1[C@H]1CC[C@@H]2C1. The molecule has 0 aromatic heterocycles. The summed E-state index contributed by atoms with van der Waals surface area (Å²) in [5.41, 5.74) is 0.743. The lowest BCUT2D eigenvalue weighted by molar-refractivity contribution is -0.140. The average molecular weight is 164 g/mol. The molecular formula is C10H12O2. The van der Waals surface area contributed by atoms with Crippen LogP contribution in [0.1, 0.15) is 19.3 Å². The Balaban J connectivity index is 2.00. The van der Waals surface area contributed by atoms with Gasteiger partial charge in [0, 0.05) is 11.5 Å². The Bertz CT molecular complexity index is 269. The third-order valence-electron chi connectivity index (χ3n) is 3.75. The van der Waals surface area contributed by atoms with Gasteiger partial charge in [-0.05, 0) is 31.1 Å². The average Bonchev–Trinajstić information content (AvgIpc) is 2.66. The van der Waals surface area contributed by atoms with Crippen molar-refractivity contribution in [2.75, 3.05) is 0 Å². The third-order valence-corrected chi connectivity index (χ3v) is 3.75. The lowest BCUT2D eigenvalue weighted by atomic mass is 9.84. The molecule has 2 heteroatoms. The standard InChI is InChI=1S/C10H12O2/c1-5-8-6-2-3-7(4-6)9(8)12-10(5)11/h6-9H,1-4H2/t6-,7+,8?,9?/m0/s1. The Kier molecular flexibility index (Phi) is 1.07. The summed E-state index contributed by atoms with van der Waals surface area (Å²) >= 11 is 0. The van der Waals surface area contributed by atoms with Crippen LogP contribution in [-0.4, -0.2) is 12.1 Å². The highest BCUT2D eigenvalue weighted by molar-refractivity contribution is 5.91. The van der Waals surface area contributed by atoms with Crippen molar-refractivity contribution in [3.63, 3.8) is 0 Å². The second kappa shape index (κ2) is 1.93. The second-order valence-electron chi connectivity index (χ2n) is 4.25. The Hall–Kier alpha value is -0.790. The van der Waals surface area contributed by atoms with Gasteiger partial charge in [0.15, 0.2) is 0 Å². The van der Waals surface area contributed by atoms with Crippen molar-refractivity contribution in [2.45, 2.75) is 25.4 Å². The summed E-state index contributed by atoms with van der Waals surface area (Å²) in [5.74, 6) is 1.61. The predicted octanol–water partition coefficient (Wildman–Crippen LogP) is 1.51. The molecule has 3 rings (SSSR count). The summed E-state index contributed by atoms with van der Waals surface area (Å²) in [6.45, 7) is 3.82. The maximum absolute atomic E-state index is 11.2. The van der Waals surface area contributed by atoms with E-state index >= 15 is 0 Å². The molecule has 0 spiro atoms. The van der Waals surface area contributed by atoms with Crippen molar-refractivity contribution < 1.29 is 9.53 Å². The molecule has 3 aliphatic rings. The number of fused-ring (bicyclic) bond motifs is 5. The maximum atomic E-state index is 11.2. The molecule has 1 aliphatic heterocycles. The van der Waals surface area contributed by atoms with Crippen molar-refractivity contribution >= 4 is 5.97 Å². The van der Waals surface area contributed by atoms with Gasteiger partial charge in [0.1, 0.15) is 6.10 Å². The molecule has 2 aliphatic carbocycles. The van der Waals surface area contributed by atoms with E-state index in [0.29, 0.717) is 17.8 Å². The summed E-state index contributed by atoms with van der Waals surface area (Å²) in [5, 5.41) is 0. The Labute approximate surface area is 71.6 Å². The van der Waals surface area contributed by atoms with Crippen LogP contribution in [0.4, 0.5) is 0 Å². The Morgan fingerprint density at radius 2 is 2.08 bits per heavy atom. The van der Waals surface area contributed by atoms with Gasteiger partial charge >= 0.3 is 5.97 Å². The highest BCUT2D eigenvalue weighted by Crippen LogP contribution is 2.55. The number of carbonyl (C=O) groups is 1. The van der Waals surface area contributed by atoms with Crippen LogP contribution < -0.4 is 0 Å². The van der Waals surface area contributed by atoms with Crippen molar-refractivity contribution in [1.29, 1.82) is 0 Å². The first-order valence-electron chi connectivity index (χ1n) is 4.67. The molecule has 0 N–H and O–H groups in total. The monoisotopic (exact) mass is 164 g/mol. The van der Waals surface area contributed by atoms with Gasteiger partial charge in [0.05, 0.1) is 0 Å². The van der Waals surface area contributed by atoms with Crippen LogP contribution in [0.5, 0.6) is 0 Å². The van der Waals surface area contributed by atoms with Crippen LogP contribution in [-0.2, 0) is 9.53 Å². The fraction of sp³-hybridized carbons (Fsp3) is 0.700. The smallest absolute Gasteiger partial charge is 0.334 e. The van der Waals surface area contributed by atoms with Crippen LogP contribution in [0.3, 0.4) is 0 Å². The Morgan fingerprint density at radius 1 is 1.33 bits per heavy atom. The third kappa shape index (κ3) is 0.598. The molecule has 12 heavy (non-hydrogen) atoms. The molecule has 2 nitrogen and oxygen atoms in total. The molecule has 1 heterocycles. The van der Waals surface area contributed by atoms with Crippen LogP contribution in [0.15, 0.2) is 12.2 Å². The van der Waals surface area contributed by atoms with Crippen molar-refractivity contribution in [2.24, 2.45) is 17.8 Å². The molecule has 0 amide bonds. The zero-order valence-electron chi connectivity index (χ0n) is 6.95. The van der Waals surface area contributed by atoms with Crippen LogP contribution in [0.25, 0.3) is 0 Å². The number of esters is 1. The van der Waals surface area contributed by atoms with Crippen LogP contribution in [0.2, 0.25) is 0 Å². The summed E-state index contributed by atoms with van der Waals surface area (Å²) in [6.07, 6.45) is 4.01. The minimum Gasteiger partial charge on any atom is -0.458 e. The minimum absolute atomic E-state index is 0.137. The Morgan fingerprint density at radius 3 is 2.83 bits per heavy atom. The zero-order valence-corrected chi connectivity index (χ0v) is 6.95. The van der Waals surface area contributed by atoms with Crippen molar-refractivity contribution in [3.8, 4) is 0 Å². The molecule has 4 atom stereocenters. The molecule has 2 saturated carbocycles. The molecule has 64 valence electrons. The van der Waals surface area contributed by atoms with Crippen LogP contribution >= 0.6 is 0 Å². The quantitative estimate of drug-likeness (QED) is 0.400. The van der Waals surface area contributed by atoms with E-state index in [9.17, 15) is 4.79 Å². The van der Waals surface area contributed by atoms with Gasteiger partial charge < -0.3 is 4.74 Å². The normalized spacial score (nSPS) is 49.7. The highest BCUT2D eigenvalue weighted by Gasteiger charge is 2.55. The van der Waals surface area contributed by atoms with Gasteiger partial charge in [-0.3, -0.25) is 0 Å². The van der Waals surface area contributed by atoms with E-state index in [2.05, 4.69) is 6.58 Å². The van der Waals surface area contributed by atoms with E-state index in [1.54, 1.807) is 0 Å². The summed E-state index contributed by atoms with van der Waals surface area (Å²) in [4.78, 5) is 11.2. The fourth-order valence-corrected chi connectivity index (χ4v) is 3.23. The molecule has 0 aromatic rings. The maximum Gasteiger partial charge on any atom is 0.334 e. The van der Waals surface area contributed by atoms with E-state index in [4.69, 9.17) is 4.74 Å². The number of carbonyl (C=O) groups excluding carboxylic acids is 1. The van der Waals surface area contributed by atoms with Crippen molar-refractivity contribution in [1.82, 2.24) is 0 Å². The van der Waals surface area contributed by atoms with E-state index in [1.807, 2.05) is 0 Å². The van der Waals surface area contributed by atoms with Gasteiger partial charge in [-0.25, -0.2) is 4.79 Å². The van der Waals surface area contributed by atoms with Gasteiger partial charge in [0.25, 0.3) is 0 Å². The predicted molar refractivity (Wildman–Crippen MR) is 43.3 cm³/mol. The lowest BCUT2D eigenvalue weighted by Crippen LogP contribution is -2.23. The highest BCUT2D eigenvalue weighted by atomic mass is 16.6. The number of hydrogen-bond donors (Lipinski definition) is 0. The largest absolute Gasteiger partial charge is 0.458 e. The van der Waals surface area contributed by atoms with E-state index in [0.717, 1.165) is 5.57 Å². The second-order valence-corrected chi connectivity index (χ2v) is 4.25. The zero-order chi connectivity index (χ0) is 8.29. The number of rotatable bonds is 0. The fourth-order valence-electron chi connectivity index (χ4n) is 3.23. The molecule has 2 unspecified atom stereocenters. The topological polar surface area (TPSA) is 26.3 Å². The van der Waals surface area contributed by atoms with Gasteiger partial charge in [-0.1, -0.05) is 6.58 Å². The summed E-state index contributed by atoms with van der Waals surface area (Å²) in [6, 6.07) is 0. The van der Waals surface area contributed by atoms with Crippen LogP contribution in [0, 0.1) is 17.8 Å². The molecule has 3 fully saturated rings. The van der Waals surface area contributed by atoms with Crippen molar-refractivity contribution in [3.05, 3.63) is 12.2 Å². The van der Waals surface area contributed by atoms with E-state index < -0.39 is 0 Å². The van der Waals surface area contributed by atoms with Gasteiger partial charge in [-0.15, -0.1) is 0 Å². The molecule has 2 bridgehead atoms. The van der Waals surface area contributed by atoms with E-state index in [-0.39, 0.29) is 12.1 Å². The lowest BCUT2D eigenvalue weighted by Gasteiger charge is -2.21. The number of hydrogen-bond acceptors (Lipinski definition) is 2. The van der Waals surface area contributed by atoms with E-state index in [1.165, 1.54) is 19.3 Å². The number of ether oxygens (including phenoxy) is 1. The molecule has 1 saturated heterocycles. The minimum atomic E-state index is -0.137. The summed E-state index contributed by atoms with van der Waals surface area (Å²) in [7, 11) is 0. The first-order valence-corrected chi connectivity index (χ1v) is 4.67. The first kappa shape index (κ1) is 6.70. The first-order chi connectivity index (χ1) is 5.77.